The minimum absolute atomic E-state index is 0.0867. The predicted molar refractivity (Wildman–Crippen MR) is 119 cm³/mol. The number of nitrogens with one attached hydrogen (secondary N) is 1. The van der Waals surface area contributed by atoms with Gasteiger partial charge in [-0.25, -0.2) is 0 Å². The van der Waals surface area contributed by atoms with E-state index in [9.17, 15) is 29.4 Å². The van der Waals surface area contributed by atoms with Crippen molar-refractivity contribution in [2.45, 2.75) is 25.4 Å². The zero-order valence-corrected chi connectivity index (χ0v) is 18.8. The second-order valence-corrected chi connectivity index (χ2v) is 7.61. The predicted octanol–water partition coefficient (Wildman–Crippen LogP) is -0.811. The van der Waals surface area contributed by atoms with Gasteiger partial charge < -0.3 is 31.1 Å². The van der Waals surface area contributed by atoms with Gasteiger partial charge in [0.15, 0.2) is 0 Å². The monoisotopic (exact) mass is 468 g/mol. The van der Waals surface area contributed by atoms with Crippen LogP contribution in [0.2, 0.25) is 0 Å². The number of nitrogen functional groups attached to an aromatic ring is 1. The summed E-state index contributed by atoms with van der Waals surface area (Å²) < 4.78 is 4.68. The molecule has 0 aromatic heterocycles. The number of carboxylic acid groups (broad SMARTS) is 3. The molecule has 12 heteroatoms. The average molecular weight is 469 g/mol. The van der Waals surface area contributed by atoms with Crippen LogP contribution in [0.3, 0.4) is 0 Å². The number of carbonyl (C=O) groups is 4. The molecule has 12 nitrogen and oxygen atoms in total. The third-order valence-electron chi connectivity index (χ3n) is 4.97. The van der Waals surface area contributed by atoms with E-state index in [1.165, 1.54) is 18.9 Å². The van der Waals surface area contributed by atoms with Gasteiger partial charge in [0, 0.05) is 31.4 Å². The molecule has 1 rings (SSSR count). The average Bonchev–Trinajstić information content (AvgIpc) is 2.74. The highest BCUT2D eigenvalue weighted by Crippen LogP contribution is 2.10. The van der Waals surface area contributed by atoms with Crippen LogP contribution in [0.25, 0.3) is 0 Å². The Morgan fingerprint density at radius 3 is 2.12 bits per heavy atom. The quantitative estimate of drug-likeness (QED) is 0.150. The summed E-state index contributed by atoms with van der Waals surface area (Å²) >= 11 is 0. The molecule has 0 saturated carbocycles. The lowest BCUT2D eigenvalue weighted by molar-refractivity contribution is -0.149. The van der Waals surface area contributed by atoms with Gasteiger partial charge in [-0.05, 0) is 31.0 Å². The summed E-state index contributed by atoms with van der Waals surface area (Å²) in [5.41, 5.74) is 7.17. The number of esters is 1. The van der Waals surface area contributed by atoms with Crippen molar-refractivity contribution in [1.29, 1.82) is 0 Å². The van der Waals surface area contributed by atoms with Crippen molar-refractivity contribution in [3.63, 3.8) is 0 Å². The van der Waals surface area contributed by atoms with Crippen LogP contribution in [0, 0.1) is 0 Å². The first-order chi connectivity index (χ1) is 15.5. The van der Waals surface area contributed by atoms with Crippen LogP contribution in [0.15, 0.2) is 24.3 Å². The number of aliphatic carboxylic acids is 3. The summed E-state index contributed by atoms with van der Waals surface area (Å²) in [4.78, 5) is 48.5. The normalized spacial score (nSPS) is 13.0. The van der Waals surface area contributed by atoms with Crippen molar-refractivity contribution in [1.82, 2.24) is 15.1 Å². The van der Waals surface area contributed by atoms with Gasteiger partial charge in [0.1, 0.15) is 6.04 Å². The first-order valence-corrected chi connectivity index (χ1v) is 10.3. The molecule has 2 unspecified atom stereocenters. The number of nitrogens with two attached hydrogens (primary N) is 1. The molecular formula is C21H32N4O8. The molecule has 33 heavy (non-hydrogen) atoms. The highest BCUT2D eigenvalue weighted by Gasteiger charge is 2.25. The Kier molecular flexibility index (Phi) is 11.8. The molecule has 184 valence electrons. The zero-order valence-electron chi connectivity index (χ0n) is 18.8. The van der Waals surface area contributed by atoms with Gasteiger partial charge in [-0.1, -0.05) is 12.1 Å². The van der Waals surface area contributed by atoms with Crippen LogP contribution >= 0.6 is 0 Å². The lowest BCUT2D eigenvalue weighted by Crippen LogP contribution is -2.50. The molecule has 0 saturated heterocycles. The fraction of sp³-hybridized carbons (Fsp3) is 0.524. The maximum absolute atomic E-state index is 11.9. The second kappa shape index (κ2) is 14.0. The van der Waals surface area contributed by atoms with Crippen molar-refractivity contribution in [2.75, 3.05) is 52.1 Å². The molecular weight excluding hydrogens is 436 g/mol. The lowest BCUT2D eigenvalue weighted by Gasteiger charge is -2.31. The Morgan fingerprint density at radius 2 is 1.61 bits per heavy atom. The summed E-state index contributed by atoms with van der Waals surface area (Å²) in [6.45, 7) is 0.818. The van der Waals surface area contributed by atoms with E-state index in [2.05, 4.69) is 10.1 Å². The number of hydrogen-bond donors (Lipinski definition) is 5. The minimum Gasteiger partial charge on any atom is -0.480 e. The number of anilines is 1. The minimum atomic E-state index is -1.14. The molecule has 0 amide bonds. The van der Waals surface area contributed by atoms with E-state index in [-0.39, 0.29) is 32.7 Å². The van der Waals surface area contributed by atoms with Crippen molar-refractivity contribution < 1.29 is 39.2 Å². The number of ether oxygens (including phenoxy) is 1. The summed E-state index contributed by atoms with van der Waals surface area (Å²) in [7, 11) is 1.20. The fourth-order valence-corrected chi connectivity index (χ4v) is 3.28. The number of rotatable bonds is 16. The van der Waals surface area contributed by atoms with E-state index in [4.69, 9.17) is 10.8 Å². The van der Waals surface area contributed by atoms with Gasteiger partial charge in [0.2, 0.25) is 0 Å². The van der Waals surface area contributed by atoms with E-state index < -0.39 is 42.5 Å². The number of hydrogen-bond acceptors (Lipinski definition) is 9. The van der Waals surface area contributed by atoms with E-state index in [1.807, 2.05) is 0 Å². The molecule has 1 aromatic rings. The molecule has 0 fully saturated rings. The smallest absolute Gasteiger partial charge is 0.322 e. The topological polar surface area (TPSA) is 183 Å². The Labute approximate surface area is 191 Å². The van der Waals surface area contributed by atoms with E-state index >= 15 is 0 Å². The second-order valence-electron chi connectivity index (χ2n) is 7.61. The Morgan fingerprint density at radius 1 is 1.00 bits per heavy atom. The SMILES string of the molecule is COC(=O)C(C)N(CCN(CC(=O)O)CC(Cc1ccc(N)cc1)NCC(=O)O)CC(=O)O. The van der Waals surface area contributed by atoms with E-state index in [0.29, 0.717) is 12.1 Å². The molecule has 0 spiro atoms. The fourth-order valence-electron chi connectivity index (χ4n) is 3.28. The van der Waals surface area contributed by atoms with Gasteiger partial charge >= 0.3 is 23.9 Å². The summed E-state index contributed by atoms with van der Waals surface area (Å²) in [6.07, 6.45) is 0.418. The van der Waals surface area contributed by atoms with Crippen LogP contribution in [0.4, 0.5) is 5.69 Å². The van der Waals surface area contributed by atoms with Gasteiger partial charge in [-0.15, -0.1) is 0 Å². The Bertz CT molecular complexity index is 802. The maximum Gasteiger partial charge on any atom is 0.322 e. The highest BCUT2D eigenvalue weighted by molar-refractivity contribution is 5.76. The van der Waals surface area contributed by atoms with Gasteiger partial charge in [-0.3, -0.25) is 29.0 Å². The van der Waals surface area contributed by atoms with Crippen LogP contribution in [-0.2, 0) is 30.3 Å². The molecule has 0 bridgehead atoms. The van der Waals surface area contributed by atoms with E-state index in [0.717, 1.165) is 5.56 Å². The number of methoxy groups -OCH3 is 1. The first kappa shape index (κ1) is 27.8. The van der Waals surface area contributed by atoms with Crippen LogP contribution < -0.4 is 11.1 Å². The first-order valence-electron chi connectivity index (χ1n) is 10.3. The molecule has 0 heterocycles. The van der Waals surface area contributed by atoms with Crippen molar-refractivity contribution >= 4 is 29.6 Å². The van der Waals surface area contributed by atoms with Crippen LogP contribution in [0.1, 0.15) is 12.5 Å². The summed E-state index contributed by atoms with van der Waals surface area (Å²) in [5.74, 6) is -3.89. The Hall–Kier alpha value is -3.22. The molecule has 6 N–H and O–H groups in total. The zero-order chi connectivity index (χ0) is 25.0. The molecule has 0 radical (unpaired) electrons. The van der Waals surface area contributed by atoms with Gasteiger partial charge in [-0.2, -0.15) is 0 Å². The third kappa shape index (κ3) is 11.3. The van der Waals surface area contributed by atoms with Crippen molar-refractivity contribution in [3.8, 4) is 0 Å². The highest BCUT2D eigenvalue weighted by atomic mass is 16.5. The van der Waals surface area contributed by atoms with Gasteiger partial charge in [0.05, 0.1) is 26.7 Å². The number of carbonyl (C=O) groups excluding carboxylic acids is 1. The van der Waals surface area contributed by atoms with Gasteiger partial charge in [0.25, 0.3) is 0 Å². The standard InChI is InChI=1S/C21H32N4O8/c1-14(21(32)33-2)25(13-20(30)31)8-7-24(12-19(28)29)11-17(23-10-18(26)27)9-15-3-5-16(22)6-4-15/h3-6,14,17,23H,7-13,22H2,1-2H3,(H,26,27)(H,28,29)(H,30,31). The molecule has 0 aliphatic heterocycles. The van der Waals surface area contributed by atoms with Crippen LogP contribution in [-0.4, -0.2) is 107 Å². The molecule has 2 atom stereocenters. The van der Waals surface area contributed by atoms with Crippen LogP contribution in [0.5, 0.6) is 0 Å². The van der Waals surface area contributed by atoms with Crippen molar-refractivity contribution in [2.24, 2.45) is 0 Å². The summed E-state index contributed by atoms with van der Waals surface area (Å²) in [5, 5.41) is 30.5. The molecule has 0 aliphatic rings. The molecule has 0 aliphatic carbocycles. The molecule has 1 aromatic carbocycles. The lowest BCUT2D eigenvalue weighted by atomic mass is 10.0. The summed E-state index contributed by atoms with van der Waals surface area (Å²) in [6, 6.07) is 5.80. The van der Waals surface area contributed by atoms with E-state index in [1.54, 1.807) is 29.2 Å². The number of carboxylic acids is 3. The largest absolute Gasteiger partial charge is 0.480 e. The maximum atomic E-state index is 11.9. The number of nitrogens with zero attached hydrogens (tertiary/aromatic N) is 2. The van der Waals surface area contributed by atoms with Crippen molar-refractivity contribution in [3.05, 3.63) is 29.8 Å². The third-order valence-corrected chi connectivity index (χ3v) is 4.97. The Balaban J connectivity index is 2.96. The number of benzene rings is 1.